The molecule has 0 radical (unpaired) electrons. The summed E-state index contributed by atoms with van der Waals surface area (Å²) in [6, 6.07) is 4.05. The molecular weight excluding hydrogens is 426 g/mol. The van der Waals surface area contributed by atoms with Gasteiger partial charge in [0.05, 0.1) is 11.1 Å². The van der Waals surface area contributed by atoms with Crippen LogP contribution < -0.4 is 16.1 Å². The van der Waals surface area contributed by atoms with E-state index in [0.29, 0.717) is 5.69 Å². The molecule has 1 aromatic heterocycles. The highest BCUT2D eigenvalue weighted by Gasteiger charge is 2.18. The van der Waals surface area contributed by atoms with Crippen LogP contribution in [0.3, 0.4) is 0 Å². The second kappa shape index (κ2) is 8.36. The summed E-state index contributed by atoms with van der Waals surface area (Å²) in [7, 11) is -4.07. The molecule has 0 aliphatic rings. The molecule has 6 N–H and O–H groups in total. The lowest BCUT2D eigenvalue weighted by Crippen LogP contribution is -2.18. The van der Waals surface area contributed by atoms with E-state index in [1.165, 1.54) is 18.2 Å². The molecule has 0 saturated heterocycles. The molecule has 0 saturated carbocycles. The maximum absolute atomic E-state index is 13.3. The molecule has 1 atom stereocenters. The van der Waals surface area contributed by atoms with Crippen molar-refractivity contribution in [3.05, 3.63) is 34.2 Å². The average Bonchev–Trinajstić information content (AvgIpc) is 3.00. The van der Waals surface area contributed by atoms with Crippen LogP contribution in [0.1, 0.15) is 5.69 Å². The average molecular weight is 439 g/mol. The van der Waals surface area contributed by atoms with Crippen molar-refractivity contribution in [3.63, 3.8) is 0 Å². The van der Waals surface area contributed by atoms with E-state index in [1.807, 2.05) is 0 Å². The lowest BCUT2D eigenvalue weighted by molar-refractivity contribution is 0.270. The Kier molecular flexibility index (Phi) is 6.45. The van der Waals surface area contributed by atoms with Gasteiger partial charge >= 0.3 is 7.75 Å². The van der Waals surface area contributed by atoms with Crippen molar-refractivity contribution in [3.8, 4) is 0 Å². The molecule has 2 rings (SSSR count). The number of aromatic nitrogens is 2. The second-order valence-corrected chi connectivity index (χ2v) is 6.73. The van der Waals surface area contributed by atoms with Crippen LogP contribution in [0.15, 0.2) is 32.5 Å². The van der Waals surface area contributed by atoms with Crippen molar-refractivity contribution in [2.75, 3.05) is 23.8 Å². The largest absolute Gasteiger partial charge is 0.409 e. The van der Waals surface area contributed by atoms with Gasteiger partial charge in [-0.05, 0) is 44.4 Å². The number of anilines is 2. The van der Waals surface area contributed by atoms with E-state index in [-0.39, 0.29) is 35.0 Å². The smallest absolute Gasteiger partial charge is 0.400 e. The van der Waals surface area contributed by atoms with Crippen molar-refractivity contribution in [2.45, 2.75) is 0 Å². The molecule has 14 heteroatoms. The fourth-order valence-corrected chi connectivity index (χ4v) is 2.38. The fourth-order valence-electron chi connectivity index (χ4n) is 1.65. The highest BCUT2D eigenvalue weighted by Crippen LogP contribution is 2.30. The first-order chi connectivity index (χ1) is 11.8. The maximum atomic E-state index is 13.3. The number of nitrogens with two attached hydrogens (primary N) is 1. The Bertz CT molecular complexity index is 812. The molecule has 1 heterocycles. The van der Waals surface area contributed by atoms with E-state index in [1.54, 1.807) is 0 Å². The third kappa shape index (κ3) is 5.76. The van der Waals surface area contributed by atoms with E-state index < -0.39 is 13.6 Å². The molecular formula is C11H13BrFN6O5P. The number of nitrogens with zero attached hydrogens (tertiary/aromatic N) is 3. The molecule has 25 heavy (non-hydrogen) atoms. The predicted molar refractivity (Wildman–Crippen MR) is 88.8 cm³/mol. The number of nitrogens with one attached hydrogen (secondary N) is 2. The highest BCUT2D eigenvalue weighted by molar-refractivity contribution is 9.10. The van der Waals surface area contributed by atoms with Gasteiger partial charge in [0.25, 0.3) is 0 Å². The zero-order valence-corrected chi connectivity index (χ0v) is 14.9. The normalized spacial score (nSPS) is 14.2. The summed E-state index contributed by atoms with van der Waals surface area (Å²) < 4.78 is 33.3. The summed E-state index contributed by atoms with van der Waals surface area (Å²) >= 11 is 3.04. The van der Waals surface area contributed by atoms with E-state index in [0.717, 1.165) is 0 Å². The number of hydrogen-bond donors (Lipinski definition) is 5. The van der Waals surface area contributed by atoms with Crippen LogP contribution in [0, 0.1) is 5.82 Å². The van der Waals surface area contributed by atoms with Crippen LogP contribution in [0.2, 0.25) is 0 Å². The predicted octanol–water partition coefficient (Wildman–Crippen LogP) is 1.71. The Labute approximate surface area is 148 Å². The Balaban J connectivity index is 2.05. The standard InChI is InChI=1S/C11H13BrFN6O5P/c12-7-5-6(1-2-8(7)13)16-11(17-20)9-10(19-24-18-9)15-3-4-23-25(14,21)22/h1-2,5,20H,3-4H2,(H,15,19)(H,16,17)(H3,14,21,22). The third-order valence-electron chi connectivity index (χ3n) is 2.67. The molecule has 2 aromatic rings. The Morgan fingerprint density at radius 3 is 2.92 bits per heavy atom. The number of hydrogen-bond acceptors (Lipinski definition) is 8. The Morgan fingerprint density at radius 2 is 2.28 bits per heavy atom. The minimum Gasteiger partial charge on any atom is -0.409 e. The Hall–Kier alpha value is -2.05. The molecule has 0 amide bonds. The monoisotopic (exact) mass is 438 g/mol. The number of oxime groups is 1. The molecule has 0 aliphatic heterocycles. The van der Waals surface area contributed by atoms with Crippen molar-refractivity contribution < 1.29 is 28.2 Å². The Morgan fingerprint density at radius 1 is 1.52 bits per heavy atom. The minimum absolute atomic E-state index is 0.0166. The lowest BCUT2D eigenvalue weighted by Gasteiger charge is -2.09. The van der Waals surface area contributed by atoms with E-state index in [9.17, 15) is 14.2 Å². The van der Waals surface area contributed by atoms with E-state index in [2.05, 4.69) is 51.2 Å². The van der Waals surface area contributed by atoms with Crippen LogP contribution in [-0.4, -0.2) is 39.4 Å². The van der Waals surface area contributed by atoms with Crippen LogP contribution >= 0.6 is 23.7 Å². The summed E-state index contributed by atoms with van der Waals surface area (Å²) in [6.45, 7) is -0.149. The van der Waals surface area contributed by atoms with Gasteiger partial charge in [0.15, 0.2) is 5.69 Å². The van der Waals surface area contributed by atoms with Gasteiger partial charge in [0.2, 0.25) is 11.7 Å². The summed E-state index contributed by atoms with van der Waals surface area (Å²) in [5.74, 6) is -0.510. The number of amidine groups is 1. The fraction of sp³-hybridized carbons (Fsp3) is 0.182. The quantitative estimate of drug-likeness (QED) is 0.107. The van der Waals surface area contributed by atoms with Crippen molar-refractivity contribution in [2.24, 2.45) is 10.7 Å². The first-order valence-corrected chi connectivity index (χ1v) is 9.01. The summed E-state index contributed by atoms with van der Waals surface area (Å²) in [5, 5.41) is 24.8. The van der Waals surface area contributed by atoms with Gasteiger partial charge in [-0.1, -0.05) is 5.16 Å². The molecule has 1 aromatic carbocycles. The zero-order valence-electron chi connectivity index (χ0n) is 12.4. The number of rotatable bonds is 7. The lowest BCUT2D eigenvalue weighted by atomic mass is 10.3. The van der Waals surface area contributed by atoms with Crippen LogP contribution in [0.5, 0.6) is 0 Å². The van der Waals surface area contributed by atoms with Gasteiger partial charge < -0.3 is 20.7 Å². The van der Waals surface area contributed by atoms with Gasteiger partial charge in [-0.2, -0.15) is 0 Å². The van der Waals surface area contributed by atoms with Crippen molar-refractivity contribution >= 4 is 41.0 Å². The molecule has 0 spiro atoms. The summed E-state index contributed by atoms with van der Waals surface area (Å²) in [6.07, 6.45) is 0. The minimum atomic E-state index is -4.07. The van der Waals surface area contributed by atoms with Crippen molar-refractivity contribution in [1.82, 2.24) is 10.3 Å². The molecule has 0 fully saturated rings. The van der Waals surface area contributed by atoms with Crippen LogP contribution in [-0.2, 0) is 9.09 Å². The second-order valence-electron chi connectivity index (χ2n) is 4.49. The summed E-state index contributed by atoms with van der Waals surface area (Å²) in [4.78, 5) is 8.81. The first-order valence-electron chi connectivity index (χ1n) is 6.57. The zero-order chi connectivity index (χ0) is 18.4. The van der Waals surface area contributed by atoms with Gasteiger partial charge in [-0.3, -0.25) is 4.52 Å². The summed E-state index contributed by atoms with van der Waals surface area (Å²) in [5.41, 5.74) is 5.25. The number of halogens is 2. The first kappa shape index (κ1) is 19.3. The number of benzene rings is 1. The van der Waals surface area contributed by atoms with Gasteiger partial charge in [0, 0.05) is 12.2 Å². The van der Waals surface area contributed by atoms with Gasteiger partial charge in [0.1, 0.15) is 5.82 Å². The van der Waals surface area contributed by atoms with Gasteiger partial charge in [-0.25, -0.2) is 19.1 Å². The maximum Gasteiger partial charge on any atom is 0.400 e. The highest BCUT2D eigenvalue weighted by atomic mass is 79.9. The van der Waals surface area contributed by atoms with E-state index >= 15 is 0 Å². The third-order valence-corrected chi connectivity index (χ3v) is 3.83. The molecule has 136 valence electrons. The molecule has 11 nitrogen and oxygen atoms in total. The SMILES string of the molecule is NP(=O)(O)OCCNc1nonc1C(=NO)Nc1ccc(F)c(Br)c1. The molecule has 0 bridgehead atoms. The van der Waals surface area contributed by atoms with E-state index in [4.69, 9.17) is 10.4 Å². The van der Waals surface area contributed by atoms with Crippen molar-refractivity contribution in [1.29, 1.82) is 0 Å². The topological polar surface area (TPSA) is 168 Å². The van der Waals surface area contributed by atoms with Crippen LogP contribution in [0.4, 0.5) is 15.9 Å². The van der Waals surface area contributed by atoms with Gasteiger partial charge in [-0.15, -0.1) is 0 Å². The molecule has 0 aliphatic carbocycles. The van der Waals surface area contributed by atoms with Crippen LogP contribution in [0.25, 0.3) is 0 Å². The molecule has 1 unspecified atom stereocenters.